The molecule has 9 heteroatoms. The fraction of sp³-hybridized carbons (Fsp3) is 0.382. The number of piperidine rings is 1. The van der Waals surface area contributed by atoms with Crippen LogP contribution in [0, 0.1) is 18.8 Å². The van der Waals surface area contributed by atoms with E-state index in [9.17, 15) is 22.8 Å². The fourth-order valence-electron chi connectivity index (χ4n) is 5.51. The van der Waals surface area contributed by atoms with Gasteiger partial charge in [-0.25, -0.2) is 0 Å². The van der Waals surface area contributed by atoms with Gasteiger partial charge < -0.3 is 9.64 Å². The molecule has 1 saturated heterocycles. The number of carbonyl (C=O) groups excluding carboxylic acids is 2. The molecule has 0 spiro atoms. The summed E-state index contributed by atoms with van der Waals surface area (Å²) < 4.78 is 45.9. The van der Waals surface area contributed by atoms with Gasteiger partial charge in [0, 0.05) is 48.8 Å². The van der Waals surface area contributed by atoms with Crippen molar-refractivity contribution < 1.29 is 27.5 Å². The van der Waals surface area contributed by atoms with Crippen LogP contribution in [0.1, 0.15) is 71.4 Å². The lowest BCUT2D eigenvalue weighted by atomic mass is 9.96. The lowest BCUT2D eigenvalue weighted by Gasteiger charge is -2.32. The summed E-state index contributed by atoms with van der Waals surface area (Å²) in [7, 11) is 0. The molecule has 0 N–H and O–H groups in total. The molecule has 1 amide bonds. The van der Waals surface area contributed by atoms with E-state index in [2.05, 4.69) is 13.8 Å². The van der Waals surface area contributed by atoms with E-state index in [1.54, 1.807) is 24.3 Å². The van der Waals surface area contributed by atoms with Crippen molar-refractivity contribution in [3.63, 3.8) is 0 Å². The molecule has 4 aromatic rings. The summed E-state index contributed by atoms with van der Waals surface area (Å²) in [6, 6.07) is 15.0. The highest BCUT2D eigenvalue weighted by Gasteiger charge is 2.30. The van der Waals surface area contributed by atoms with Gasteiger partial charge in [0.25, 0.3) is 5.91 Å². The van der Waals surface area contributed by atoms with Gasteiger partial charge in [-0.05, 0) is 104 Å². The van der Waals surface area contributed by atoms with E-state index in [0.717, 1.165) is 60.0 Å². The molecule has 5 rings (SSSR count). The molecule has 226 valence electrons. The van der Waals surface area contributed by atoms with Gasteiger partial charge in [-0.15, -0.1) is 0 Å². The van der Waals surface area contributed by atoms with Crippen LogP contribution in [0.4, 0.5) is 13.2 Å². The minimum Gasteiger partial charge on any atom is -0.457 e. The number of alkyl halides is 3. The van der Waals surface area contributed by atoms with Gasteiger partial charge in [0.05, 0.1) is 11.1 Å². The Morgan fingerprint density at radius 2 is 1.58 bits per heavy atom. The SMILES string of the molecule is Cc1c(C(=O)CCC(C)C)ccc2nn(CC3CCN(C(=O)c4ccc(Oc5ccc(C(F)(F)F)cc5)cc4)CC3)cc12. The highest BCUT2D eigenvalue weighted by molar-refractivity contribution is 6.01. The predicted octanol–water partition coefficient (Wildman–Crippen LogP) is 8.33. The Morgan fingerprint density at radius 3 is 2.19 bits per heavy atom. The molecule has 0 radical (unpaired) electrons. The second kappa shape index (κ2) is 12.6. The van der Waals surface area contributed by atoms with Gasteiger partial charge in [-0.1, -0.05) is 13.8 Å². The molecule has 1 fully saturated rings. The zero-order chi connectivity index (χ0) is 30.7. The van der Waals surface area contributed by atoms with Crippen LogP contribution in [-0.4, -0.2) is 39.5 Å². The lowest BCUT2D eigenvalue weighted by Crippen LogP contribution is -2.39. The number of hydrogen-bond donors (Lipinski definition) is 0. The predicted molar refractivity (Wildman–Crippen MR) is 159 cm³/mol. The number of amides is 1. The van der Waals surface area contributed by atoms with Crippen LogP contribution in [0.5, 0.6) is 11.5 Å². The number of hydrogen-bond acceptors (Lipinski definition) is 4. The van der Waals surface area contributed by atoms with E-state index in [1.165, 1.54) is 12.1 Å². The largest absolute Gasteiger partial charge is 0.457 e. The maximum Gasteiger partial charge on any atom is 0.416 e. The van der Waals surface area contributed by atoms with Gasteiger partial charge in [-0.3, -0.25) is 14.3 Å². The molecule has 0 saturated carbocycles. The first-order valence-electron chi connectivity index (χ1n) is 14.7. The molecule has 2 heterocycles. The third-order valence-corrected chi connectivity index (χ3v) is 8.12. The lowest BCUT2D eigenvalue weighted by molar-refractivity contribution is -0.137. The standard InChI is InChI=1S/C34H36F3N3O3/c1-22(2)4-15-32(41)29-13-14-31-30(23(29)3)21-40(38-31)20-24-16-18-39(19-17-24)33(42)25-5-9-27(10-6-25)43-28-11-7-26(8-12-28)34(35,36)37/h5-14,21-22,24H,4,15-20H2,1-3H3. The van der Waals surface area contributed by atoms with Crippen LogP contribution < -0.4 is 4.74 Å². The third-order valence-electron chi connectivity index (χ3n) is 8.12. The number of nitrogens with zero attached hydrogens (tertiary/aromatic N) is 3. The number of carbonyl (C=O) groups is 2. The van der Waals surface area contributed by atoms with Crippen molar-refractivity contribution >= 4 is 22.6 Å². The third kappa shape index (κ3) is 7.27. The normalized spacial score (nSPS) is 14.4. The Bertz CT molecular complexity index is 1580. The number of fused-ring (bicyclic) bond motifs is 1. The number of aryl methyl sites for hydroxylation is 1. The number of halogens is 3. The Kier molecular flexibility index (Phi) is 8.89. The minimum atomic E-state index is -4.40. The van der Waals surface area contributed by atoms with Crippen molar-refractivity contribution in [2.24, 2.45) is 11.8 Å². The van der Waals surface area contributed by atoms with Crippen molar-refractivity contribution in [3.8, 4) is 11.5 Å². The van der Waals surface area contributed by atoms with Gasteiger partial charge in [0.2, 0.25) is 0 Å². The van der Waals surface area contributed by atoms with Crippen molar-refractivity contribution in [2.75, 3.05) is 13.1 Å². The molecule has 43 heavy (non-hydrogen) atoms. The van der Waals surface area contributed by atoms with Gasteiger partial charge in [0.15, 0.2) is 5.78 Å². The molecular weight excluding hydrogens is 555 g/mol. The summed E-state index contributed by atoms with van der Waals surface area (Å²) in [5.74, 6) is 1.70. The smallest absolute Gasteiger partial charge is 0.416 e. The average Bonchev–Trinajstić information content (AvgIpc) is 3.40. The topological polar surface area (TPSA) is 64.4 Å². The summed E-state index contributed by atoms with van der Waals surface area (Å²) in [6.45, 7) is 8.27. The van der Waals surface area contributed by atoms with Crippen LogP contribution in [0.2, 0.25) is 0 Å². The first-order valence-corrected chi connectivity index (χ1v) is 14.7. The molecule has 1 aromatic heterocycles. The zero-order valence-electron chi connectivity index (χ0n) is 24.7. The van der Waals surface area contributed by atoms with E-state index >= 15 is 0 Å². The van der Waals surface area contributed by atoms with E-state index in [0.29, 0.717) is 42.7 Å². The van der Waals surface area contributed by atoms with Gasteiger partial charge in [-0.2, -0.15) is 18.3 Å². The minimum absolute atomic E-state index is 0.0605. The van der Waals surface area contributed by atoms with Crippen LogP contribution in [-0.2, 0) is 12.7 Å². The average molecular weight is 592 g/mol. The van der Waals surface area contributed by atoms with E-state index in [-0.39, 0.29) is 17.4 Å². The molecule has 0 unspecified atom stereocenters. The van der Waals surface area contributed by atoms with Crippen molar-refractivity contribution in [2.45, 2.75) is 59.2 Å². The first-order chi connectivity index (χ1) is 20.5. The maximum atomic E-state index is 13.1. The molecule has 6 nitrogen and oxygen atoms in total. The summed E-state index contributed by atoms with van der Waals surface area (Å²) in [4.78, 5) is 27.7. The molecular formula is C34H36F3N3O3. The monoisotopic (exact) mass is 591 g/mol. The molecule has 0 aliphatic carbocycles. The Labute approximate surface area is 249 Å². The summed E-state index contributed by atoms with van der Waals surface area (Å²) >= 11 is 0. The highest BCUT2D eigenvalue weighted by atomic mass is 19.4. The fourth-order valence-corrected chi connectivity index (χ4v) is 5.51. The number of likely N-dealkylation sites (tertiary alicyclic amines) is 1. The number of benzene rings is 3. The quantitative estimate of drug-likeness (QED) is 0.184. The summed E-state index contributed by atoms with van der Waals surface area (Å²) in [5, 5.41) is 5.77. The van der Waals surface area contributed by atoms with Crippen LogP contribution in [0.3, 0.4) is 0 Å². The van der Waals surface area contributed by atoms with Gasteiger partial charge >= 0.3 is 6.18 Å². The number of rotatable bonds is 9. The summed E-state index contributed by atoms with van der Waals surface area (Å²) in [5.41, 5.74) is 2.44. The number of aromatic nitrogens is 2. The number of Topliss-reactive ketones (excluding diaryl/α,β-unsaturated/α-hetero) is 1. The van der Waals surface area contributed by atoms with Crippen LogP contribution in [0.15, 0.2) is 66.9 Å². The Balaban J connectivity index is 1.14. The zero-order valence-corrected chi connectivity index (χ0v) is 24.7. The van der Waals surface area contributed by atoms with Crippen molar-refractivity contribution in [1.82, 2.24) is 14.7 Å². The van der Waals surface area contributed by atoms with Crippen LogP contribution in [0.25, 0.3) is 10.9 Å². The second-order valence-corrected chi connectivity index (χ2v) is 11.8. The van der Waals surface area contributed by atoms with E-state index < -0.39 is 11.7 Å². The van der Waals surface area contributed by atoms with E-state index in [4.69, 9.17) is 9.84 Å². The number of ether oxygens (including phenoxy) is 1. The van der Waals surface area contributed by atoms with Crippen molar-refractivity contribution in [1.29, 1.82) is 0 Å². The molecule has 1 aliphatic heterocycles. The van der Waals surface area contributed by atoms with Gasteiger partial charge in [0.1, 0.15) is 11.5 Å². The van der Waals surface area contributed by atoms with E-state index in [1.807, 2.05) is 34.8 Å². The Hall–Kier alpha value is -4.14. The molecule has 0 atom stereocenters. The molecule has 0 bridgehead atoms. The Morgan fingerprint density at radius 1 is 0.953 bits per heavy atom. The summed E-state index contributed by atoms with van der Waals surface area (Å²) in [6.07, 6.45) is 0.778. The first kappa shape index (κ1) is 30.3. The maximum absolute atomic E-state index is 13.1. The van der Waals surface area contributed by atoms with Crippen LogP contribution >= 0.6 is 0 Å². The molecule has 3 aromatic carbocycles. The highest BCUT2D eigenvalue weighted by Crippen LogP contribution is 2.32. The number of ketones is 1. The molecule has 1 aliphatic rings. The second-order valence-electron chi connectivity index (χ2n) is 11.8. The van der Waals surface area contributed by atoms with Crippen molar-refractivity contribution in [3.05, 3.63) is 89.1 Å².